The first-order chi connectivity index (χ1) is 14.2. The number of nitrogens with zero attached hydrogens (tertiary/aromatic N) is 2. The minimum Gasteiger partial charge on any atom is -0.436 e. The van der Waals surface area contributed by atoms with E-state index in [1.54, 1.807) is 6.20 Å². The molecule has 6 nitrogen and oxygen atoms in total. The Morgan fingerprint density at radius 2 is 2.17 bits per heavy atom. The fourth-order valence-electron chi connectivity index (χ4n) is 3.84. The van der Waals surface area contributed by atoms with Crippen LogP contribution in [0.1, 0.15) is 18.6 Å². The van der Waals surface area contributed by atoms with Gasteiger partial charge in [0.05, 0.1) is 18.2 Å². The molecule has 0 spiro atoms. The highest BCUT2D eigenvalue weighted by Gasteiger charge is 2.22. The van der Waals surface area contributed by atoms with Crippen LogP contribution < -0.4 is 10.7 Å². The van der Waals surface area contributed by atoms with Gasteiger partial charge in [-0.25, -0.2) is 4.98 Å². The van der Waals surface area contributed by atoms with E-state index in [0.29, 0.717) is 47.1 Å². The van der Waals surface area contributed by atoms with E-state index in [4.69, 9.17) is 20.8 Å². The van der Waals surface area contributed by atoms with Crippen LogP contribution in [0.4, 0.5) is 0 Å². The monoisotopic (exact) mass is 409 g/mol. The zero-order valence-corrected chi connectivity index (χ0v) is 16.7. The molecule has 1 unspecified atom stereocenters. The Morgan fingerprint density at radius 1 is 1.31 bits per heavy atom. The lowest BCUT2D eigenvalue weighted by atomic mass is 10.0. The number of oxazole rings is 1. The first-order valence-electron chi connectivity index (χ1n) is 9.70. The minimum absolute atomic E-state index is 0.127. The number of halogens is 1. The molecule has 3 heterocycles. The Bertz CT molecular complexity index is 1240. The second-order valence-electron chi connectivity index (χ2n) is 7.10. The molecule has 1 fully saturated rings. The smallest absolute Gasteiger partial charge is 0.232 e. The Hall–Kier alpha value is -2.67. The summed E-state index contributed by atoms with van der Waals surface area (Å²) in [4.78, 5) is 17.9. The van der Waals surface area contributed by atoms with E-state index in [-0.39, 0.29) is 11.5 Å². The van der Waals surface area contributed by atoms with Gasteiger partial charge in [-0.1, -0.05) is 23.7 Å². The maximum absolute atomic E-state index is 13.4. The van der Waals surface area contributed by atoms with Crippen molar-refractivity contribution < 1.29 is 9.15 Å². The molecule has 0 saturated carbocycles. The van der Waals surface area contributed by atoms with Crippen molar-refractivity contribution in [3.63, 3.8) is 0 Å². The molecular weight excluding hydrogens is 390 g/mol. The van der Waals surface area contributed by atoms with Gasteiger partial charge in [0.25, 0.3) is 0 Å². The van der Waals surface area contributed by atoms with Crippen molar-refractivity contribution in [3.8, 4) is 11.5 Å². The van der Waals surface area contributed by atoms with Crippen LogP contribution in [0, 0.1) is 0 Å². The van der Waals surface area contributed by atoms with Crippen LogP contribution in [0.15, 0.2) is 51.8 Å². The van der Waals surface area contributed by atoms with Gasteiger partial charge >= 0.3 is 0 Å². The fourth-order valence-corrected chi connectivity index (χ4v) is 4.12. The van der Waals surface area contributed by atoms with Gasteiger partial charge in [-0.3, -0.25) is 4.79 Å². The number of benzene rings is 2. The van der Waals surface area contributed by atoms with Gasteiger partial charge in [0.2, 0.25) is 11.3 Å². The molecule has 2 aromatic heterocycles. The van der Waals surface area contributed by atoms with E-state index in [9.17, 15) is 4.79 Å². The van der Waals surface area contributed by atoms with Crippen molar-refractivity contribution in [1.82, 2.24) is 14.9 Å². The topological polar surface area (TPSA) is 69.3 Å². The highest BCUT2D eigenvalue weighted by Crippen LogP contribution is 2.31. The molecule has 7 heteroatoms. The average Bonchev–Trinajstić information content (AvgIpc) is 3.18. The summed E-state index contributed by atoms with van der Waals surface area (Å²) in [6, 6.07) is 11.2. The van der Waals surface area contributed by atoms with Crippen molar-refractivity contribution in [2.45, 2.75) is 19.6 Å². The number of aromatic nitrogens is 2. The second kappa shape index (κ2) is 7.30. The molecule has 148 valence electrons. The maximum Gasteiger partial charge on any atom is 0.232 e. The highest BCUT2D eigenvalue weighted by atomic mass is 35.5. The van der Waals surface area contributed by atoms with Crippen molar-refractivity contribution in [2.75, 3.05) is 19.7 Å². The third-order valence-corrected chi connectivity index (χ3v) is 5.67. The first-order valence-corrected chi connectivity index (χ1v) is 10.1. The molecule has 1 aliphatic heterocycles. The number of pyridine rings is 1. The summed E-state index contributed by atoms with van der Waals surface area (Å²) in [5, 5.41) is 4.49. The van der Waals surface area contributed by atoms with Gasteiger partial charge in [-0.2, -0.15) is 0 Å². The molecule has 1 saturated heterocycles. The summed E-state index contributed by atoms with van der Waals surface area (Å²) in [7, 11) is 0. The van der Waals surface area contributed by atoms with E-state index < -0.39 is 0 Å². The van der Waals surface area contributed by atoms with Crippen LogP contribution in [0.5, 0.6) is 0 Å². The maximum atomic E-state index is 13.4. The Morgan fingerprint density at radius 3 is 2.93 bits per heavy atom. The zero-order valence-electron chi connectivity index (χ0n) is 15.9. The minimum atomic E-state index is -0.178. The molecule has 1 atom stereocenters. The average molecular weight is 410 g/mol. The van der Waals surface area contributed by atoms with E-state index >= 15 is 0 Å². The van der Waals surface area contributed by atoms with E-state index in [2.05, 4.69) is 10.3 Å². The standard InChI is InChI=1S/C22H20ClN3O3/c1-2-26-12-15(22-25-17-5-3-4-6-19(17)29-22)21(27)14-9-13(16(23)10-18(14)26)20-11-24-7-8-28-20/h3-6,9-10,12,20,24H,2,7-8,11H2,1H3. The predicted molar refractivity (Wildman–Crippen MR) is 113 cm³/mol. The molecule has 4 aromatic rings. The third kappa shape index (κ3) is 3.13. The molecule has 0 aliphatic carbocycles. The largest absolute Gasteiger partial charge is 0.436 e. The molecule has 0 radical (unpaired) electrons. The van der Waals surface area contributed by atoms with Crippen LogP contribution in [-0.4, -0.2) is 29.2 Å². The second-order valence-corrected chi connectivity index (χ2v) is 7.51. The molecule has 0 amide bonds. The van der Waals surface area contributed by atoms with Crippen LogP contribution in [-0.2, 0) is 11.3 Å². The van der Waals surface area contributed by atoms with Gasteiger partial charge in [-0.15, -0.1) is 0 Å². The van der Waals surface area contributed by atoms with Crippen LogP contribution in [0.3, 0.4) is 0 Å². The Labute approximate surface area is 172 Å². The Kier molecular flexibility index (Phi) is 4.62. The van der Waals surface area contributed by atoms with Crippen LogP contribution >= 0.6 is 11.6 Å². The number of aryl methyl sites for hydroxylation is 1. The fraction of sp³-hybridized carbons (Fsp3) is 0.273. The van der Waals surface area contributed by atoms with Gasteiger partial charge in [-0.05, 0) is 31.2 Å². The number of ether oxygens (including phenoxy) is 1. The summed E-state index contributed by atoms with van der Waals surface area (Å²) in [5.74, 6) is 0.326. The van der Waals surface area contributed by atoms with Gasteiger partial charge in [0.1, 0.15) is 11.1 Å². The number of hydrogen-bond acceptors (Lipinski definition) is 5. The van der Waals surface area contributed by atoms with Crippen molar-refractivity contribution in [3.05, 3.63) is 63.4 Å². The molecule has 5 rings (SSSR count). The van der Waals surface area contributed by atoms with E-state index in [0.717, 1.165) is 23.1 Å². The van der Waals surface area contributed by atoms with Crippen molar-refractivity contribution >= 4 is 33.6 Å². The summed E-state index contributed by atoms with van der Waals surface area (Å²) >= 11 is 6.57. The number of fused-ring (bicyclic) bond motifs is 2. The normalized spacial score (nSPS) is 17.2. The quantitative estimate of drug-likeness (QED) is 0.550. The Balaban J connectivity index is 1.74. The molecular formula is C22H20ClN3O3. The van der Waals surface area contributed by atoms with E-state index in [1.807, 2.05) is 47.9 Å². The molecule has 29 heavy (non-hydrogen) atoms. The summed E-state index contributed by atoms with van der Waals surface area (Å²) in [5.41, 5.74) is 3.30. The third-order valence-electron chi connectivity index (χ3n) is 5.34. The zero-order chi connectivity index (χ0) is 20.0. The highest BCUT2D eigenvalue weighted by molar-refractivity contribution is 6.32. The molecule has 1 aliphatic rings. The van der Waals surface area contributed by atoms with Gasteiger partial charge < -0.3 is 19.0 Å². The summed E-state index contributed by atoms with van der Waals surface area (Å²) in [6.07, 6.45) is 1.62. The summed E-state index contributed by atoms with van der Waals surface area (Å²) in [6.45, 7) is 4.79. The van der Waals surface area contributed by atoms with Crippen LogP contribution in [0.25, 0.3) is 33.5 Å². The van der Waals surface area contributed by atoms with Crippen LogP contribution in [0.2, 0.25) is 5.02 Å². The lowest BCUT2D eigenvalue weighted by molar-refractivity contribution is 0.0278. The van der Waals surface area contributed by atoms with Gasteiger partial charge in [0.15, 0.2) is 5.58 Å². The number of para-hydroxylation sites is 2. The predicted octanol–water partition coefficient (Wildman–Crippen LogP) is 4.14. The first kappa shape index (κ1) is 18.4. The lowest BCUT2D eigenvalue weighted by Gasteiger charge is -2.25. The molecule has 2 aromatic carbocycles. The SMILES string of the molecule is CCn1cc(-c2nc3ccccc3o2)c(=O)c2cc(C3CNCCO3)c(Cl)cc21. The number of morpholine rings is 1. The summed E-state index contributed by atoms with van der Waals surface area (Å²) < 4.78 is 13.7. The van der Waals surface area contributed by atoms with Crippen molar-refractivity contribution in [2.24, 2.45) is 0 Å². The van der Waals surface area contributed by atoms with Crippen molar-refractivity contribution in [1.29, 1.82) is 0 Å². The number of hydrogen-bond donors (Lipinski definition) is 1. The molecule has 0 bridgehead atoms. The van der Waals surface area contributed by atoms with Gasteiger partial charge in [0, 0.05) is 41.8 Å². The van der Waals surface area contributed by atoms with E-state index in [1.165, 1.54) is 0 Å². The molecule has 1 N–H and O–H groups in total. The number of rotatable bonds is 3. The number of nitrogens with one attached hydrogen (secondary N) is 1. The lowest BCUT2D eigenvalue weighted by Crippen LogP contribution is -2.33.